The predicted octanol–water partition coefficient (Wildman–Crippen LogP) is 3.20. The Morgan fingerprint density at radius 2 is 1.96 bits per heavy atom. The Labute approximate surface area is 147 Å². The Balaban J connectivity index is 2.18. The lowest BCUT2D eigenvalue weighted by molar-refractivity contribution is -0.111. The lowest BCUT2D eigenvalue weighted by Gasteiger charge is -2.07. The molecule has 0 aromatic heterocycles. The van der Waals surface area contributed by atoms with Crippen LogP contribution in [0.2, 0.25) is 0 Å². The van der Waals surface area contributed by atoms with E-state index in [1.54, 1.807) is 19.1 Å². The van der Waals surface area contributed by atoms with Gasteiger partial charge >= 0.3 is 0 Å². The zero-order chi connectivity index (χ0) is 17.9. The van der Waals surface area contributed by atoms with Crippen molar-refractivity contribution in [1.82, 2.24) is 0 Å². The molecule has 0 spiro atoms. The van der Waals surface area contributed by atoms with Crippen molar-refractivity contribution in [2.24, 2.45) is 5.14 Å². The van der Waals surface area contributed by atoms with Gasteiger partial charge in [-0.3, -0.25) is 4.79 Å². The summed E-state index contributed by atoms with van der Waals surface area (Å²) in [5.41, 5.74) is 0.991. The number of nitrogens with two attached hydrogens (primary N) is 1. The van der Waals surface area contributed by atoms with Gasteiger partial charge in [-0.05, 0) is 48.9 Å². The summed E-state index contributed by atoms with van der Waals surface area (Å²) in [7, 11) is -3.88. The third-order valence-electron chi connectivity index (χ3n) is 3.13. The van der Waals surface area contributed by atoms with Crippen LogP contribution in [0.25, 0.3) is 6.08 Å². The summed E-state index contributed by atoms with van der Waals surface area (Å²) in [6.45, 7) is 1.60. The highest BCUT2D eigenvalue weighted by atomic mass is 79.9. The van der Waals surface area contributed by atoms with Crippen LogP contribution in [0.15, 0.2) is 51.8 Å². The van der Waals surface area contributed by atoms with Gasteiger partial charge in [-0.25, -0.2) is 17.9 Å². The van der Waals surface area contributed by atoms with Crippen molar-refractivity contribution in [2.45, 2.75) is 11.8 Å². The number of benzene rings is 2. The van der Waals surface area contributed by atoms with Crippen LogP contribution in [0.1, 0.15) is 11.1 Å². The van der Waals surface area contributed by atoms with E-state index in [0.717, 1.165) is 6.08 Å². The molecule has 0 fully saturated rings. The van der Waals surface area contributed by atoms with Crippen molar-refractivity contribution >= 4 is 43.6 Å². The molecule has 0 aliphatic heterocycles. The van der Waals surface area contributed by atoms with Crippen molar-refractivity contribution in [2.75, 3.05) is 5.32 Å². The maximum Gasteiger partial charge on any atom is 0.248 e. The second kappa shape index (κ2) is 7.25. The number of halogens is 2. The third-order valence-corrected chi connectivity index (χ3v) is 4.68. The summed E-state index contributed by atoms with van der Waals surface area (Å²) in [6.07, 6.45) is 2.48. The monoisotopic (exact) mass is 412 g/mol. The number of hydrogen-bond donors (Lipinski definition) is 2. The van der Waals surface area contributed by atoms with Gasteiger partial charge in [-0.2, -0.15) is 0 Å². The van der Waals surface area contributed by atoms with Crippen molar-refractivity contribution in [3.05, 3.63) is 63.9 Å². The van der Waals surface area contributed by atoms with Crippen molar-refractivity contribution in [3.8, 4) is 0 Å². The molecule has 1 amide bonds. The zero-order valence-electron chi connectivity index (χ0n) is 12.6. The Morgan fingerprint density at radius 1 is 1.25 bits per heavy atom. The van der Waals surface area contributed by atoms with Crippen molar-refractivity contribution < 1.29 is 17.6 Å². The average molecular weight is 413 g/mol. The Hall–Kier alpha value is -2.03. The molecule has 0 unspecified atom stereocenters. The lowest BCUT2D eigenvalue weighted by Crippen LogP contribution is -2.15. The van der Waals surface area contributed by atoms with Gasteiger partial charge in [0.25, 0.3) is 0 Å². The third kappa shape index (κ3) is 4.73. The number of aryl methyl sites for hydroxylation is 1. The molecule has 0 saturated heterocycles. The maximum absolute atomic E-state index is 13.6. The van der Waals surface area contributed by atoms with Crippen LogP contribution in [0.3, 0.4) is 0 Å². The predicted molar refractivity (Wildman–Crippen MR) is 94.3 cm³/mol. The van der Waals surface area contributed by atoms with Gasteiger partial charge in [-0.1, -0.05) is 22.0 Å². The summed E-state index contributed by atoms with van der Waals surface area (Å²) >= 11 is 3.22. The lowest BCUT2D eigenvalue weighted by atomic mass is 10.2. The number of rotatable bonds is 4. The minimum absolute atomic E-state index is 0.0673. The van der Waals surface area contributed by atoms with Crippen LogP contribution in [-0.2, 0) is 14.8 Å². The molecule has 5 nitrogen and oxygen atoms in total. The van der Waals surface area contributed by atoms with Gasteiger partial charge in [0.15, 0.2) is 0 Å². The maximum atomic E-state index is 13.6. The van der Waals surface area contributed by atoms with E-state index in [1.807, 2.05) is 0 Å². The van der Waals surface area contributed by atoms with Crippen molar-refractivity contribution in [1.29, 1.82) is 0 Å². The Kier molecular flexibility index (Phi) is 5.53. The second-order valence-corrected chi connectivity index (χ2v) is 7.46. The quantitative estimate of drug-likeness (QED) is 0.755. The molecule has 0 heterocycles. The van der Waals surface area contributed by atoms with Crippen LogP contribution in [0, 0.1) is 12.7 Å². The first-order valence-electron chi connectivity index (χ1n) is 6.74. The average Bonchev–Trinajstić information content (AvgIpc) is 2.49. The standard InChI is InChI=1S/C16H14BrFN2O3S/c1-10-2-5-13(9-15(10)24(19,22)23)20-16(21)7-3-11-8-12(17)4-6-14(11)18/h2-9H,1H3,(H,20,21)(H2,19,22,23)/b7-3+. The molecule has 0 bridgehead atoms. The van der Waals surface area contributed by atoms with E-state index in [1.165, 1.54) is 30.3 Å². The largest absolute Gasteiger partial charge is 0.322 e. The van der Waals surface area contributed by atoms with Gasteiger partial charge in [0.1, 0.15) is 5.82 Å². The molecule has 0 atom stereocenters. The molecule has 0 saturated carbocycles. The molecule has 24 heavy (non-hydrogen) atoms. The minimum Gasteiger partial charge on any atom is -0.322 e. The molecule has 0 radical (unpaired) electrons. The number of carbonyl (C=O) groups is 1. The summed E-state index contributed by atoms with van der Waals surface area (Å²) in [5.74, 6) is -0.993. The molecule has 8 heteroatoms. The molecule has 2 rings (SSSR count). The summed E-state index contributed by atoms with van der Waals surface area (Å²) in [6, 6.07) is 8.72. The van der Waals surface area contributed by atoms with E-state index in [-0.39, 0.29) is 16.1 Å². The van der Waals surface area contributed by atoms with Crippen molar-refractivity contribution in [3.63, 3.8) is 0 Å². The van der Waals surface area contributed by atoms with Crippen LogP contribution in [0.5, 0.6) is 0 Å². The first-order valence-corrected chi connectivity index (χ1v) is 9.08. The number of sulfonamides is 1. The number of hydrogen-bond acceptors (Lipinski definition) is 3. The van der Waals surface area contributed by atoms with E-state index in [4.69, 9.17) is 5.14 Å². The summed E-state index contributed by atoms with van der Waals surface area (Å²) in [5, 5.41) is 7.63. The topological polar surface area (TPSA) is 89.3 Å². The van der Waals surface area contributed by atoms with E-state index >= 15 is 0 Å². The van der Waals surface area contributed by atoms with Crippen LogP contribution >= 0.6 is 15.9 Å². The molecule has 2 aromatic rings. The van der Waals surface area contributed by atoms with Crippen LogP contribution in [-0.4, -0.2) is 14.3 Å². The highest BCUT2D eigenvalue weighted by molar-refractivity contribution is 9.10. The van der Waals surface area contributed by atoms with Gasteiger partial charge in [0, 0.05) is 21.8 Å². The minimum atomic E-state index is -3.88. The fourth-order valence-electron chi connectivity index (χ4n) is 1.98. The first kappa shape index (κ1) is 18.3. The number of carbonyl (C=O) groups excluding carboxylic acids is 1. The molecular weight excluding hydrogens is 399 g/mol. The van der Waals surface area contributed by atoms with Gasteiger partial charge in [-0.15, -0.1) is 0 Å². The number of anilines is 1. The molecular formula is C16H14BrFN2O3S. The number of nitrogens with one attached hydrogen (secondary N) is 1. The molecule has 126 valence electrons. The Morgan fingerprint density at radius 3 is 2.62 bits per heavy atom. The van der Waals surface area contributed by atoms with Gasteiger partial charge < -0.3 is 5.32 Å². The molecule has 0 aliphatic rings. The normalized spacial score (nSPS) is 11.7. The van der Waals surface area contributed by atoms with Gasteiger partial charge in [0.2, 0.25) is 15.9 Å². The number of amides is 1. The Bertz CT molecular complexity index is 927. The number of primary sulfonamides is 1. The van der Waals surface area contributed by atoms with E-state index in [2.05, 4.69) is 21.2 Å². The van der Waals surface area contributed by atoms with E-state index < -0.39 is 21.7 Å². The summed E-state index contributed by atoms with van der Waals surface area (Å²) in [4.78, 5) is 11.8. The van der Waals surface area contributed by atoms with E-state index in [9.17, 15) is 17.6 Å². The fraction of sp³-hybridized carbons (Fsp3) is 0.0625. The van der Waals surface area contributed by atoms with Gasteiger partial charge in [0.05, 0.1) is 4.90 Å². The van der Waals surface area contributed by atoms with E-state index in [0.29, 0.717) is 10.0 Å². The summed E-state index contributed by atoms with van der Waals surface area (Å²) < 4.78 is 37.2. The first-order chi connectivity index (χ1) is 11.2. The van der Waals surface area contributed by atoms with Crippen LogP contribution < -0.4 is 10.5 Å². The SMILES string of the molecule is Cc1ccc(NC(=O)/C=C/c2cc(Br)ccc2F)cc1S(N)(=O)=O. The zero-order valence-corrected chi connectivity index (χ0v) is 15.0. The molecule has 3 N–H and O–H groups in total. The van der Waals surface area contributed by atoms with Crippen LogP contribution in [0.4, 0.5) is 10.1 Å². The molecule has 0 aliphatic carbocycles. The highest BCUT2D eigenvalue weighted by Gasteiger charge is 2.12. The molecule has 2 aromatic carbocycles. The second-order valence-electron chi connectivity index (χ2n) is 5.01. The smallest absolute Gasteiger partial charge is 0.248 e. The highest BCUT2D eigenvalue weighted by Crippen LogP contribution is 2.19. The fourth-order valence-corrected chi connectivity index (χ4v) is 3.16.